The topological polar surface area (TPSA) is 44.8 Å². The van der Waals surface area contributed by atoms with Crippen molar-refractivity contribution in [2.45, 2.75) is 39.9 Å². The first-order chi connectivity index (χ1) is 6.76. The summed E-state index contributed by atoms with van der Waals surface area (Å²) in [4.78, 5) is 11.3. The van der Waals surface area contributed by atoms with Crippen LogP contribution in [0.3, 0.4) is 0 Å². The fourth-order valence-electron chi connectivity index (χ4n) is 0.872. The molecule has 0 N–H and O–H groups in total. The molecule has 0 aromatic heterocycles. The summed E-state index contributed by atoms with van der Waals surface area (Å²) in [6, 6.07) is 0. The highest BCUT2D eigenvalue weighted by Gasteiger charge is 2.19. The Morgan fingerprint density at radius 3 is 2.14 bits per heavy atom. The Morgan fingerprint density at radius 2 is 1.71 bits per heavy atom. The molecular weight excluding hydrogens is 184 g/mol. The second-order valence-corrected chi connectivity index (χ2v) is 2.76. The third-order valence-corrected chi connectivity index (χ3v) is 1.57. The molecule has 0 spiro atoms. The van der Waals surface area contributed by atoms with E-state index in [1.165, 1.54) is 0 Å². The molecule has 0 saturated carbocycles. The van der Waals surface area contributed by atoms with E-state index in [-0.39, 0.29) is 0 Å². The molecule has 4 heteroatoms. The second kappa shape index (κ2) is 8.97. The van der Waals surface area contributed by atoms with E-state index in [9.17, 15) is 4.79 Å². The number of carbonyl (C=O) groups is 1. The lowest BCUT2D eigenvalue weighted by Crippen LogP contribution is -2.29. The van der Waals surface area contributed by atoms with Gasteiger partial charge in [-0.3, -0.25) is 0 Å². The zero-order valence-electron chi connectivity index (χ0n) is 9.25. The number of carbonyl (C=O) groups excluding carboxylic acids is 1. The number of hydrogen-bond donors (Lipinski definition) is 0. The quantitative estimate of drug-likeness (QED) is 0.343. The molecule has 0 aliphatic rings. The Morgan fingerprint density at radius 1 is 1.14 bits per heavy atom. The van der Waals surface area contributed by atoms with Gasteiger partial charge in [0.1, 0.15) is 0 Å². The van der Waals surface area contributed by atoms with E-state index in [2.05, 4.69) is 0 Å². The summed E-state index contributed by atoms with van der Waals surface area (Å²) in [5.74, 6) is -0.429. The van der Waals surface area contributed by atoms with Gasteiger partial charge < -0.3 is 14.2 Å². The standard InChI is InChI=1S/C10H20O4/c1-4-7-8-14-9(11)10(12-5-2)13-6-3/h10H,4-8H2,1-3H3. The minimum absolute atomic E-state index is 0.429. The van der Waals surface area contributed by atoms with Crippen molar-refractivity contribution in [3.8, 4) is 0 Å². The van der Waals surface area contributed by atoms with E-state index in [0.29, 0.717) is 19.8 Å². The second-order valence-electron chi connectivity index (χ2n) is 2.76. The summed E-state index contributed by atoms with van der Waals surface area (Å²) in [5, 5.41) is 0. The van der Waals surface area contributed by atoms with E-state index in [0.717, 1.165) is 12.8 Å². The Labute approximate surface area is 85.5 Å². The Kier molecular flexibility index (Phi) is 8.57. The minimum atomic E-state index is -0.859. The van der Waals surface area contributed by atoms with Gasteiger partial charge in [-0.05, 0) is 20.3 Å². The highest BCUT2D eigenvalue weighted by atomic mass is 16.7. The molecule has 0 aliphatic carbocycles. The molecule has 0 amide bonds. The zero-order chi connectivity index (χ0) is 10.8. The van der Waals surface area contributed by atoms with Crippen molar-refractivity contribution in [3.05, 3.63) is 0 Å². The van der Waals surface area contributed by atoms with Gasteiger partial charge in [-0.25, -0.2) is 4.79 Å². The van der Waals surface area contributed by atoms with Crippen LogP contribution in [-0.4, -0.2) is 32.1 Å². The molecule has 0 aliphatic heterocycles. The van der Waals surface area contributed by atoms with Crippen LogP contribution >= 0.6 is 0 Å². The molecule has 0 fully saturated rings. The maximum Gasteiger partial charge on any atom is 0.363 e. The summed E-state index contributed by atoms with van der Waals surface area (Å²) in [6.07, 6.45) is 1.01. The maximum absolute atomic E-state index is 11.3. The molecule has 0 saturated heterocycles. The largest absolute Gasteiger partial charge is 0.462 e. The Balaban J connectivity index is 3.76. The normalized spacial score (nSPS) is 10.6. The van der Waals surface area contributed by atoms with E-state index >= 15 is 0 Å². The van der Waals surface area contributed by atoms with Gasteiger partial charge in [0, 0.05) is 13.2 Å². The average molecular weight is 204 g/mol. The lowest BCUT2D eigenvalue weighted by Gasteiger charge is -2.15. The summed E-state index contributed by atoms with van der Waals surface area (Å²) >= 11 is 0. The molecule has 0 bridgehead atoms. The van der Waals surface area contributed by atoms with Crippen molar-refractivity contribution < 1.29 is 19.0 Å². The van der Waals surface area contributed by atoms with Gasteiger partial charge in [-0.15, -0.1) is 0 Å². The van der Waals surface area contributed by atoms with Gasteiger partial charge in [0.15, 0.2) is 0 Å². The van der Waals surface area contributed by atoms with E-state index in [1.807, 2.05) is 20.8 Å². The number of rotatable bonds is 8. The summed E-state index contributed by atoms with van der Waals surface area (Å²) in [7, 11) is 0. The summed E-state index contributed by atoms with van der Waals surface area (Å²) < 4.78 is 15.1. The number of unbranched alkanes of at least 4 members (excludes halogenated alkanes) is 1. The summed E-state index contributed by atoms with van der Waals surface area (Å²) in [6.45, 7) is 6.97. The fourth-order valence-corrected chi connectivity index (χ4v) is 0.872. The average Bonchev–Trinajstić information content (AvgIpc) is 2.18. The van der Waals surface area contributed by atoms with Crippen LogP contribution in [-0.2, 0) is 19.0 Å². The van der Waals surface area contributed by atoms with Gasteiger partial charge in [0.2, 0.25) is 0 Å². The van der Waals surface area contributed by atoms with Crippen LogP contribution in [0.2, 0.25) is 0 Å². The van der Waals surface area contributed by atoms with Gasteiger partial charge in [0.25, 0.3) is 6.29 Å². The van der Waals surface area contributed by atoms with Crippen LogP contribution in [0.5, 0.6) is 0 Å². The molecule has 0 aromatic carbocycles. The highest BCUT2D eigenvalue weighted by Crippen LogP contribution is 1.99. The van der Waals surface area contributed by atoms with Crippen molar-refractivity contribution in [2.75, 3.05) is 19.8 Å². The molecule has 4 nitrogen and oxygen atoms in total. The third kappa shape index (κ3) is 5.94. The summed E-state index contributed by atoms with van der Waals surface area (Å²) in [5.41, 5.74) is 0. The molecule has 0 rings (SSSR count). The van der Waals surface area contributed by atoms with Crippen molar-refractivity contribution in [1.29, 1.82) is 0 Å². The first kappa shape index (κ1) is 13.4. The van der Waals surface area contributed by atoms with Crippen LogP contribution < -0.4 is 0 Å². The van der Waals surface area contributed by atoms with Gasteiger partial charge in [0.05, 0.1) is 6.61 Å². The monoisotopic (exact) mass is 204 g/mol. The molecule has 0 aromatic rings. The molecule has 84 valence electrons. The first-order valence-electron chi connectivity index (χ1n) is 5.16. The van der Waals surface area contributed by atoms with Crippen LogP contribution in [0.25, 0.3) is 0 Å². The highest BCUT2D eigenvalue weighted by molar-refractivity contribution is 5.73. The third-order valence-electron chi connectivity index (χ3n) is 1.57. The van der Waals surface area contributed by atoms with Crippen molar-refractivity contribution in [1.82, 2.24) is 0 Å². The SMILES string of the molecule is CCCCOC(=O)C(OCC)OCC. The van der Waals surface area contributed by atoms with Crippen LogP contribution in [0.1, 0.15) is 33.6 Å². The Hall–Kier alpha value is -0.610. The van der Waals surface area contributed by atoms with E-state index in [1.54, 1.807) is 0 Å². The fraction of sp³-hybridized carbons (Fsp3) is 0.900. The first-order valence-corrected chi connectivity index (χ1v) is 5.16. The molecule has 0 unspecified atom stereocenters. The van der Waals surface area contributed by atoms with Gasteiger partial charge in [-0.2, -0.15) is 0 Å². The van der Waals surface area contributed by atoms with E-state index < -0.39 is 12.3 Å². The van der Waals surface area contributed by atoms with Gasteiger partial charge >= 0.3 is 5.97 Å². The lowest BCUT2D eigenvalue weighted by atomic mass is 10.4. The van der Waals surface area contributed by atoms with Gasteiger partial charge in [-0.1, -0.05) is 13.3 Å². The smallest absolute Gasteiger partial charge is 0.363 e. The van der Waals surface area contributed by atoms with Crippen molar-refractivity contribution in [2.24, 2.45) is 0 Å². The molecule has 14 heavy (non-hydrogen) atoms. The van der Waals surface area contributed by atoms with Crippen molar-refractivity contribution >= 4 is 5.97 Å². The maximum atomic E-state index is 11.3. The number of hydrogen-bond acceptors (Lipinski definition) is 4. The van der Waals surface area contributed by atoms with Crippen LogP contribution in [0.4, 0.5) is 0 Å². The number of ether oxygens (including phenoxy) is 3. The molecule has 0 radical (unpaired) electrons. The van der Waals surface area contributed by atoms with E-state index in [4.69, 9.17) is 14.2 Å². The molecule has 0 heterocycles. The number of esters is 1. The predicted molar refractivity (Wildman–Crippen MR) is 52.9 cm³/mol. The van der Waals surface area contributed by atoms with Crippen molar-refractivity contribution in [3.63, 3.8) is 0 Å². The van der Waals surface area contributed by atoms with Crippen LogP contribution in [0.15, 0.2) is 0 Å². The predicted octanol–water partition coefficient (Wildman–Crippen LogP) is 1.73. The minimum Gasteiger partial charge on any atom is -0.462 e. The Bertz CT molecular complexity index is 141. The zero-order valence-corrected chi connectivity index (χ0v) is 9.25. The van der Waals surface area contributed by atoms with Crippen LogP contribution in [0, 0.1) is 0 Å². The molecule has 0 atom stereocenters. The lowest BCUT2D eigenvalue weighted by molar-refractivity contribution is -0.193. The molecular formula is C10H20O4.